The van der Waals surface area contributed by atoms with Crippen molar-refractivity contribution in [2.24, 2.45) is 23.7 Å². The van der Waals surface area contributed by atoms with Gasteiger partial charge in [-0.15, -0.1) is 0 Å². The smallest absolute Gasteiger partial charge is 0.264 e. The van der Waals surface area contributed by atoms with Gasteiger partial charge >= 0.3 is 0 Å². The summed E-state index contributed by atoms with van der Waals surface area (Å²) in [5, 5.41) is 11.1. The zero-order valence-corrected chi connectivity index (χ0v) is 25.4. The lowest BCUT2D eigenvalue weighted by Crippen LogP contribution is -2.49. The number of amides is 1. The maximum Gasteiger partial charge on any atom is 0.264 e. The standard InChI is InChI=1S/C32H41ClN2O5S/c1-21-4-2-5-25(17-36)27-10-7-24(27)16-35-19-32(13-3-6-22-14-26(33)9-11-28(22)32)20-40-30-12-8-23(15-29(30)35)31(37)34-41(38,39)18-21/h8-9,11-12,14-15,21,24-25,27,36H,2-7,10,13,16-20H2,1H3,(H,34,37)/t21-,24-,25+,27-,32-/m0/s1. The molecule has 7 nitrogen and oxygen atoms in total. The Morgan fingerprint density at radius 2 is 1.98 bits per heavy atom. The van der Waals surface area contributed by atoms with Crippen molar-refractivity contribution < 1.29 is 23.1 Å². The minimum Gasteiger partial charge on any atom is -0.490 e. The van der Waals surface area contributed by atoms with E-state index in [1.165, 1.54) is 11.1 Å². The van der Waals surface area contributed by atoms with Crippen LogP contribution in [-0.4, -0.2) is 51.5 Å². The molecule has 2 N–H and O–H groups in total. The van der Waals surface area contributed by atoms with Gasteiger partial charge in [0.05, 0.1) is 18.0 Å². The zero-order valence-electron chi connectivity index (χ0n) is 23.8. The number of aliphatic hydroxyl groups is 1. The van der Waals surface area contributed by atoms with Crippen LogP contribution in [0.1, 0.15) is 73.4 Å². The highest BCUT2D eigenvalue weighted by molar-refractivity contribution is 7.90. The van der Waals surface area contributed by atoms with E-state index in [0.717, 1.165) is 75.2 Å². The molecule has 2 aliphatic heterocycles. The summed E-state index contributed by atoms with van der Waals surface area (Å²) >= 11 is 6.39. The molecule has 222 valence electrons. The topological polar surface area (TPSA) is 95.9 Å². The van der Waals surface area contributed by atoms with Crippen LogP contribution in [0.3, 0.4) is 0 Å². The predicted molar refractivity (Wildman–Crippen MR) is 161 cm³/mol. The van der Waals surface area contributed by atoms with Gasteiger partial charge in [-0.1, -0.05) is 31.0 Å². The molecule has 2 aromatic rings. The summed E-state index contributed by atoms with van der Waals surface area (Å²) in [5.41, 5.74) is 3.47. The summed E-state index contributed by atoms with van der Waals surface area (Å²) in [6.45, 7) is 4.14. The number of anilines is 1. The Morgan fingerprint density at radius 3 is 2.76 bits per heavy atom. The van der Waals surface area contributed by atoms with Crippen LogP contribution in [0, 0.1) is 23.7 Å². The Kier molecular flexibility index (Phi) is 8.02. The Balaban J connectivity index is 1.41. The number of carbonyl (C=O) groups excluding carboxylic acids is 1. The summed E-state index contributed by atoms with van der Waals surface area (Å²) in [6.07, 6.45) is 7.74. The maximum atomic E-state index is 13.2. The number of nitrogens with zero attached hydrogens (tertiary/aromatic N) is 1. The average Bonchev–Trinajstić information content (AvgIpc) is 3.06. The van der Waals surface area contributed by atoms with E-state index < -0.39 is 15.9 Å². The number of aryl methyl sites for hydroxylation is 1. The number of fused-ring (bicyclic) bond motifs is 4. The maximum absolute atomic E-state index is 13.2. The van der Waals surface area contributed by atoms with Gasteiger partial charge in [-0.25, -0.2) is 13.1 Å². The molecule has 2 bridgehead atoms. The van der Waals surface area contributed by atoms with Crippen molar-refractivity contribution in [3.05, 3.63) is 58.1 Å². The van der Waals surface area contributed by atoms with Crippen LogP contribution >= 0.6 is 11.6 Å². The minimum absolute atomic E-state index is 0.0786. The molecule has 1 fully saturated rings. The van der Waals surface area contributed by atoms with Gasteiger partial charge in [-0.2, -0.15) is 0 Å². The second-order valence-electron chi connectivity index (χ2n) is 13.0. The lowest BCUT2D eigenvalue weighted by molar-refractivity contribution is 0.0570. The van der Waals surface area contributed by atoms with Gasteiger partial charge in [-0.05, 0) is 110 Å². The number of nitrogens with one attached hydrogen (secondary N) is 1. The Labute approximate surface area is 248 Å². The van der Waals surface area contributed by atoms with Crippen LogP contribution in [0.2, 0.25) is 5.02 Å². The Hall–Kier alpha value is -2.29. The number of sulfonamides is 1. The van der Waals surface area contributed by atoms with Crippen molar-refractivity contribution in [3.63, 3.8) is 0 Å². The molecule has 0 radical (unpaired) electrons. The van der Waals surface area contributed by atoms with Crippen molar-refractivity contribution >= 4 is 33.2 Å². The van der Waals surface area contributed by atoms with Crippen LogP contribution in [0.25, 0.3) is 0 Å². The molecule has 4 aliphatic rings. The first-order valence-electron chi connectivity index (χ1n) is 15.1. The number of carbonyl (C=O) groups is 1. The number of hydrogen-bond acceptors (Lipinski definition) is 6. The molecule has 5 atom stereocenters. The van der Waals surface area contributed by atoms with E-state index in [9.17, 15) is 18.3 Å². The largest absolute Gasteiger partial charge is 0.490 e. The number of benzene rings is 2. The molecule has 2 heterocycles. The van der Waals surface area contributed by atoms with E-state index in [1.807, 2.05) is 19.1 Å². The van der Waals surface area contributed by atoms with Crippen molar-refractivity contribution in [1.82, 2.24) is 4.72 Å². The summed E-state index contributed by atoms with van der Waals surface area (Å²) in [6, 6.07) is 11.5. The minimum atomic E-state index is -3.79. The average molecular weight is 601 g/mol. The fraction of sp³-hybridized carbons (Fsp3) is 0.594. The number of halogens is 1. The SMILES string of the molecule is C[C@H]1CCC[C@H](CO)[C@H]2CC[C@H]2CN2C[C@@]3(CCCc4cc(Cl)ccc43)COc3ccc(cc32)C(=O)NS(=O)(=O)C1. The molecule has 41 heavy (non-hydrogen) atoms. The summed E-state index contributed by atoms with van der Waals surface area (Å²) in [5.74, 6) is 1.01. The second-order valence-corrected chi connectivity index (χ2v) is 15.2. The molecule has 0 saturated heterocycles. The first kappa shape index (κ1) is 28.8. The summed E-state index contributed by atoms with van der Waals surface area (Å²) in [7, 11) is -3.79. The normalized spacial score (nSPS) is 31.6. The third-order valence-corrected chi connectivity index (χ3v) is 11.8. The fourth-order valence-corrected chi connectivity index (χ4v) is 9.44. The first-order chi connectivity index (χ1) is 19.7. The first-order valence-corrected chi connectivity index (χ1v) is 17.2. The molecule has 6 rings (SSSR count). The third-order valence-electron chi connectivity index (χ3n) is 10.1. The van der Waals surface area contributed by atoms with Gasteiger partial charge in [-0.3, -0.25) is 4.79 Å². The molecular formula is C32H41ClN2O5S. The molecule has 2 aromatic carbocycles. The van der Waals surface area contributed by atoms with Gasteiger partial charge in [0.2, 0.25) is 10.0 Å². The van der Waals surface area contributed by atoms with Crippen molar-refractivity contribution in [2.75, 3.05) is 37.0 Å². The molecule has 9 heteroatoms. The number of aliphatic hydroxyl groups excluding tert-OH is 1. The molecule has 0 aromatic heterocycles. The number of rotatable bonds is 1. The van der Waals surface area contributed by atoms with E-state index in [-0.39, 0.29) is 29.6 Å². The zero-order chi connectivity index (χ0) is 28.8. The molecule has 1 saturated carbocycles. The quantitative estimate of drug-likeness (QED) is 0.460. The van der Waals surface area contributed by atoms with Crippen molar-refractivity contribution in [2.45, 2.75) is 63.7 Å². The van der Waals surface area contributed by atoms with E-state index in [2.05, 4.69) is 21.8 Å². The van der Waals surface area contributed by atoms with Crippen LogP contribution in [-0.2, 0) is 21.9 Å². The second kappa shape index (κ2) is 11.4. The third kappa shape index (κ3) is 5.84. The molecule has 2 aliphatic carbocycles. The molecular weight excluding hydrogens is 560 g/mol. The van der Waals surface area contributed by atoms with Gasteiger partial charge in [0, 0.05) is 35.7 Å². The number of hydrogen-bond donors (Lipinski definition) is 2. The van der Waals surface area contributed by atoms with Crippen LogP contribution in [0.5, 0.6) is 5.75 Å². The van der Waals surface area contributed by atoms with E-state index >= 15 is 0 Å². The fourth-order valence-electron chi connectivity index (χ4n) is 7.85. The van der Waals surface area contributed by atoms with E-state index in [0.29, 0.717) is 29.8 Å². The van der Waals surface area contributed by atoms with Crippen LogP contribution in [0.15, 0.2) is 36.4 Å². The van der Waals surface area contributed by atoms with E-state index in [4.69, 9.17) is 16.3 Å². The van der Waals surface area contributed by atoms with Gasteiger partial charge < -0.3 is 14.7 Å². The van der Waals surface area contributed by atoms with Crippen molar-refractivity contribution in [3.8, 4) is 5.75 Å². The van der Waals surface area contributed by atoms with E-state index in [1.54, 1.807) is 12.1 Å². The highest BCUT2D eigenvalue weighted by atomic mass is 35.5. The Bertz CT molecular complexity index is 1410. The number of ether oxygens (including phenoxy) is 1. The molecule has 1 amide bonds. The molecule has 0 unspecified atom stereocenters. The lowest BCUT2D eigenvalue weighted by Gasteiger charge is -2.46. The van der Waals surface area contributed by atoms with Gasteiger partial charge in [0.15, 0.2) is 0 Å². The highest BCUT2D eigenvalue weighted by Gasteiger charge is 2.44. The van der Waals surface area contributed by atoms with Gasteiger partial charge in [0.25, 0.3) is 5.91 Å². The predicted octanol–water partition coefficient (Wildman–Crippen LogP) is 5.33. The van der Waals surface area contributed by atoms with Crippen molar-refractivity contribution in [1.29, 1.82) is 0 Å². The summed E-state index contributed by atoms with van der Waals surface area (Å²) in [4.78, 5) is 15.6. The molecule has 1 spiro atoms. The Morgan fingerprint density at radius 1 is 1.12 bits per heavy atom. The lowest BCUT2D eigenvalue weighted by atomic mass is 9.65. The van der Waals surface area contributed by atoms with Gasteiger partial charge in [0.1, 0.15) is 5.75 Å². The van der Waals surface area contributed by atoms with Crippen LogP contribution in [0.4, 0.5) is 5.69 Å². The monoisotopic (exact) mass is 600 g/mol. The summed E-state index contributed by atoms with van der Waals surface area (Å²) < 4.78 is 34.6. The van der Waals surface area contributed by atoms with Crippen LogP contribution < -0.4 is 14.4 Å². The highest BCUT2D eigenvalue weighted by Crippen LogP contribution is 2.47.